The summed E-state index contributed by atoms with van der Waals surface area (Å²) in [6.07, 6.45) is 0. The summed E-state index contributed by atoms with van der Waals surface area (Å²) in [7, 11) is 0. The zero-order valence-corrected chi connectivity index (χ0v) is 8.60. The van der Waals surface area contributed by atoms with E-state index in [0.717, 1.165) is 11.4 Å². The van der Waals surface area contributed by atoms with Crippen LogP contribution in [-0.2, 0) is 11.3 Å². The van der Waals surface area contributed by atoms with Gasteiger partial charge in [0, 0.05) is 36.5 Å². The molecule has 0 aromatic carbocycles. The summed E-state index contributed by atoms with van der Waals surface area (Å²) in [6.45, 7) is 5.37. The molecule has 4 heteroatoms. The van der Waals surface area contributed by atoms with Crippen molar-refractivity contribution in [2.24, 2.45) is 0 Å². The summed E-state index contributed by atoms with van der Waals surface area (Å²) in [6, 6.07) is 1.53. The van der Waals surface area contributed by atoms with Crippen molar-refractivity contribution in [3.8, 4) is 0 Å². The van der Waals surface area contributed by atoms with Gasteiger partial charge in [0.2, 0.25) is 5.91 Å². The lowest BCUT2D eigenvalue weighted by atomic mass is 10.2. The minimum Gasteiger partial charge on any atom is -0.362 e. The second kappa shape index (κ2) is 4.09. The van der Waals surface area contributed by atoms with Gasteiger partial charge in [-0.1, -0.05) is 0 Å². The first kappa shape index (κ1) is 10.5. The lowest BCUT2D eigenvalue weighted by Gasteiger charge is -2.06. The van der Waals surface area contributed by atoms with Crippen molar-refractivity contribution < 1.29 is 4.79 Å². The van der Waals surface area contributed by atoms with Crippen LogP contribution in [0, 0.1) is 13.8 Å². The first-order chi connectivity index (χ1) is 6.50. The Morgan fingerprint density at radius 2 is 2.14 bits per heavy atom. The average molecular weight is 194 g/mol. The van der Waals surface area contributed by atoms with E-state index in [1.54, 1.807) is 0 Å². The fraction of sp³-hybridized carbons (Fsp3) is 0.400. The molecule has 0 aliphatic heterocycles. The predicted octanol–water partition coefficient (Wildman–Crippen LogP) is 0.628. The van der Waals surface area contributed by atoms with Crippen LogP contribution in [-0.4, -0.2) is 10.9 Å². The molecule has 1 heterocycles. The molecule has 1 rings (SSSR count). The highest BCUT2D eigenvalue weighted by Crippen LogP contribution is 1.99. The Kier molecular flexibility index (Phi) is 3.06. The van der Waals surface area contributed by atoms with Gasteiger partial charge < -0.3 is 10.3 Å². The van der Waals surface area contributed by atoms with E-state index < -0.39 is 0 Å². The normalized spacial score (nSPS) is 9.93. The molecule has 2 N–H and O–H groups in total. The fourth-order valence-corrected chi connectivity index (χ4v) is 1.31. The van der Waals surface area contributed by atoms with Gasteiger partial charge in [0.05, 0.1) is 0 Å². The van der Waals surface area contributed by atoms with Gasteiger partial charge in [-0.25, -0.2) is 0 Å². The molecule has 0 radical (unpaired) electrons. The first-order valence-electron chi connectivity index (χ1n) is 4.44. The number of hydrogen-bond donors (Lipinski definition) is 2. The number of aryl methyl sites for hydroxylation is 2. The molecule has 0 spiro atoms. The van der Waals surface area contributed by atoms with Crippen LogP contribution in [0.25, 0.3) is 0 Å². The van der Waals surface area contributed by atoms with Crippen LogP contribution < -0.4 is 10.7 Å². The van der Waals surface area contributed by atoms with Gasteiger partial charge in [-0.3, -0.25) is 9.59 Å². The first-order valence-corrected chi connectivity index (χ1v) is 4.44. The van der Waals surface area contributed by atoms with Crippen molar-refractivity contribution in [3.05, 3.63) is 33.2 Å². The molecule has 0 atom stereocenters. The Balaban J connectivity index is 2.97. The SMILES string of the molecule is CC(=O)NCc1c(C)[nH]c(C)cc1=O. The molecule has 0 aliphatic carbocycles. The maximum absolute atomic E-state index is 11.5. The molecule has 0 aliphatic rings. The van der Waals surface area contributed by atoms with Crippen molar-refractivity contribution >= 4 is 5.91 Å². The highest BCUT2D eigenvalue weighted by Gasteiger charge is 2.04. The molecular weight excluding hydrogens is 180 g/mol. The molecule has 0 bridgehead atoms. The van der Waals surface area contributed by atoms with E-state index in [0.29, 0.717) is 5.56 Å². The lowest BCUT2D eigenvalue weighted by molar-refractivity contribution is -0.119. The highest BCUT2D eigenvalue weighted by atomic mass is 16.1. The minimum absolute atomic E-state index is 0.0347. The van der Waals surface area contributed by atoms with E-state index in [4.69, 9.17) is 0 Å². The zero-order valence-electron chi connectivity index (χ0n) is 8.60. The van der Waals surface area contributed by atoms with Gasteiger partial charge in [0.25, 0.3) is 0 Å². The second-order valence-electron chi connectivity index (χ2n) is 3.33. The largest absolute Gasteiger partial charge is 0.362 e. The summed E-state index contributed by atoms with van der Waals surface area (Å²) in [5.74, 6) is -0.135. The summed E-state index contributed by atoms with van der Waals surface area (Å²) < 4.78 is 0. The summed E-state index contributed by atoms with van der Waals surface area (Å²) >= 11 is 0. The maximum atomic E-state index is 11.5. The van der Waals surface area contributed by atoms with Crippen molar-refractivity contribution in [1.29, 1.82) is 0 Å². The standard InChI is InChI=1S/C10H14N2O2/c1-6-4-10(14)9(7(2)12-6)5-11-8(3)13/h4H,5H2,1-3H3,(H,11,13)(H,12,14). The molecule has 1 aromatic rings. The van der Waals surface area contributed by atoms with Crippen LogP contribution in [0.2, 0.25) is 0 Å². The Labute approximate surface area is 82.3 Å². The van der Waals surface area contributed by atoms with Crippen LogP contribution in [0.4, 0.5) is 0 Å². The molecule has 0 fully saturated rings. The van der Waals surface area contributed by atoms with Crippen molar-refractivity contribution in [3.63, 3.8) is 0 Å². The average Bonchev–Trinajstić information content (AvgIpc) is 2.01. The van der Waals surface area contributed by atoms with E-state index in [1.807, 2.05) is 13.8 Å². The van der Waals surface area contributed by atoms with E-state index in [2.05, 4.69) is 10.3 Å². The van der Waals surface area contributed by atoms with E-state index in [1.165, 1.54) is 13.0 Å². The van der Waals surface area contributed by atoms with E-state index >= 15 is 0 Å². The van der Waals surface area contributed by atoms with Gasteiger partial charge in [-0.2, -0.15) is 0 Å². The van der Waals surface area contributed by atoms with Crippen molar-refractivity contribution in [1.82, 2.24) is 10.3 Å². The smallest absolute Gasteiger partial charge is 0.217 e. The van der Waals surface area contributed by atoms with Crippen molar-refractivity contribution in [2.45, 2.75) is 27.3 Å². The fourth-order valence-electron chi connectivity index (χ4n) is 1.31. The number of pyridine rings is 1. The Hall–Kier alpha value is -1.58. The monoisotopic (exact) mass is 194 g/mol. The summed E-state index contributed by atoms with van der Waals surface area (Å²) in [5.41, 5.74) is 2.22. The topological polar surface area (TPSA) is 62.0 Å². The predicted molar refractivity (Wildman–Crippen MR) is 54.1 cm³/mol. The third-order valence-electron chi connectivity index (χ3n) is 2.00. The van der Waals surface area contributed by atoms with E-state index in [-0.39, 0.29) is 17.9 Å². The highest BCUT2D eigenvalue weighted by molar-refractivity contribution is 5.72. The number of carbonyl (C=O) groups excluding carboxylic acids is 1. The minimum atomic E-state index is -0.135. The molecule has 1 aromatic heterocycles. The zero-order chi connectivity index (χ0) is 10.7. The number of aromatic nitrogens is 1. The molecular formula is C10H14N2O2. The van der Waals surface area contributed by atoms with Crippen molar-refractivity contribution in [2.75, 3.05) is 0 Å². The molecule has 0 saturated carbocycles. The van der Waals surface area contributed by atoms with E-state index in [9.17, 15) is 9.59 Å². The molecule has 4 nitrogen and oxygen atoms in total. The molecule has 14 heavy (non-hydrogen) atoms. The maximum Gasteiger partial charge on any atom is 0.217 e. The lowest BCUT2D eigenvalue weighted by Crippen LogP contribution is -2.24. The van der Waals surface area contributed by atoms with Crippen LogP contribution in [0.1, 0.15) is 23.9 Å². The Morgan fingerprint density at radius 1 is 1.50 bits per heavy atom. The third kappa shape index (κ3) is 2.45. The number of aromatic amines is 1. The van der Waals surface area contributed by atoms with Crippen LogP contribution >= 0.6 is 0 Å². The third-order valence-corrected chi connectivity index (χ3v) is 2.00. The van der Waals surface area contributed by atoms with Gasteiger partial charge >= 0.3 is 0 Å². The summed E-state index contributed by atoms with van der Waals surface area (Å²) in [4.78, 5) is 25.2. The summed E-state index contributed by atoms with van der Waals surface area (Å²) in [5, 5.41) is 2.60. The van der Waals surface area contributed by atoms with Gasteiger partial charge in [-0.05, 0) is 13.8 Å². The number of hydrogen-bond acceptors (Lipinski definition) is 2. The number of amides is 1. The van der Waals surface area contributed by atoms with Crippen LogP contribution in [0.15, 0.2) is 10.9 Å². The number of H-pyrrole nitrogens is 1. The molecule has 0 saturated heterocycles. The Bertz CT molecular complexity index is 407. The number of rotatable bonds is 2. The van der Waals surface area contributed by atoms with Crippen LogP contribution in [0.5, 0.6) is 0 Å². The number of nitrogens with one attached hydrogen (secondary N) is 2. The van der Waals surface area contributed by atoms with Gasteiger partial charge in [-0.15, -0.1) is 0 Å². The van der Waals surface area contributed by atoms with Gasteiger partial charge in [0.1, 0.15) is 0 Å². The molecule has 76 valence electrons. The quantitative estimate of drug-likeness (QED) is 0.725. The Morgan fingerprint density at radius 3 is 2.64 bits per heavy atom. The van der Waals surface area contributed by atoms with Gasteiger partial charge in [0.15, 0.2) is 5.43 Å². The molecule has 1 amide bonds. The van der Waals surface area contributed by atoms with Crippen LogP contribution in [0.3, 0.4) is 0 Å². The molecule has 0 unspecified atom stereocenters. The number of carbonyl (C=O) groups is 1. The second-order valence-corrected chi connectivity index (χ2v) is 3.33.